The molecule has 10 heteroatoms. The number of carbonyl (C=O) groups is 1. The van der Waals surface area contributed by atoms with Gasteiger partial charge in [-0.1, -0.05) is 6.07 Å². The van der Waals surface area contributed by atoms with Gasteiger partial charge in [-0.05, 0) is 48.4 Å². The number of rotatable bonds is 4. The van der Waals surface area contributed by atoms with Crippen LogP contribution in [0, 0.1) is 6.92 Å². The van der Waals surface area contributed by atoms with Crippen LogP contribution in [0.15, 0.2) is 24.3 Å². The molecule has 1 atom stereocenters. The average molecular weight is 394 g/mol. The minimum Gasteiger partial charge on any atom is -0.334 e. The van der Waals surface area contributed by atoms with Crippen LogP contribution >= 0.6 is 0 Å². The molecule has 28 heavy (non-hydrogen) atoms. The van der Waals surface area contributed by atoms with Crippen LogP contribution in [0.3, 0.4) is 0 Å². The molecule has 150 valence electrons. The van der Waals surface area contributed by atoms with Gasteiger partial charge in [0.1, 0.15) is 0 Å². The number of hydrogen-bond acceptors (Lipinski definition) is 5. The van der Waals surface area contributed by atoms with E-state index in [1.165, 1.54) is 23.0 Å². The van der Waals surface area contributed by atoms with E-state index in [4.69, 9.17) is 0 Å². The number of amides is 1. The summed E-state index contributed by atoms with van der Waals surface area (Å²) >= 11 is 0. The van der Waals surface area contributed by atoms with E-state index in [0.717, 1.165) is 12.1 Å². The van der Waals surface area contributed by atoms with Crippen molar-refractivity contribution in [2.45, 2.75) is 32.6 Å². The van der Waals surface area contributed by atoms with E-state index in [1.807, 2.05) is 6.92 Å². The SMILES string of the molecule is Cc1nnn(Cc2cc(C(F)(F)F)ccc2/C=C/C(=O)N2CCNCC2C)n1. The van der Waals surface area contributed by atoms with Crippen LogP contribution < -0.4 is 5.32 Å². The third-order valence-electron chi connectivity index (χ3n) is 4.52. The lowest BCUT2D eigenvalue weighted by molar-refractivity contribution is -0.137. The van der Waals surface area contributed by atoms with Gasteiger partial charge in [0.15, 0.2) is 5.82 Å². The van der Waals surface area contributed by atoms with E-state index in [1.54, 1.807) is 11.8 Å². The number of alkyl halides is 3. The summed E-state index contributed by atoms with van der Waals surface area (Å²) in [5, 5.41) is 14.8. The number of aromatic nitrogens is 4. The second-order valence-corrected chi connectivity index (χ2v) is 6.70. The zero-order valence-electron chi connectivity index (χ0n) is 15.6. The number of tetrazole rings is 1. The molecule has 0 aliphatic carbocycles. The summed E-state index contributed by atoms with van der Waals surface area (Å²) in [6, 6.07) is 3.46. The van der Waals surface area contributed by atoms with E-state index < -0.39 is 11.7 Å². The standard InChI is InChI=1S/C18H21F3N6O/c1-12-10-22-7-8-26(12)17(28)6-4-14-3-5-16(18(19,20)21)9-15(14)11-27-24-13(2)23-25-27/h3-6,9,12,22H,7-8,10-11H2,1-2H3/b6-4+. The molecule has 1 aliphatic heterocycles. The first kappa shape index (κ1) is 20.0. The topological polar surface area (TPSA) is 75.9 Å². The number of piperazine rings is 1. The molecule has 1 fully saturated rings. The number of hydrogen-bond donors (Lipinski definition) is 1. The number of aryl methyl sites for hydroxylation is 1. The third kappa shape index (κ3) is 4.75. The van der Waals surface area contributed by atoms with Gasteiger partial charge in [0.2, 0.25) is 5.91 Å². The van der Waals surface area contributed by atoms with Gasteiger partial charge in [-0.25, -0.2) is 0 Å². The maximum absolute atomic E-state index is 13.1. The summed E-state index contributed by atoms with van der Waals surface area (Å²) in [4.78, 5) is 15.4. The fourth-order valence-electron chi connectivity index (χ4n) is 3.05. The first-order chi connectivity index (χ1) is 13.2. The van der Waals surface area contributed by atoms with Crippen LogP contribution in [0.4, 0.5) is 13.2 Å². The van der Waals surface area contributed by atoms with Crippen LogP contribution in [0.25, 0.3) is 6.08 Å². The highest BCUT2D eigenvalue weighted by Crippen LogP contribution is 2.31. The number of halogens is 3. The Hall–Kier alpha value is -2.75. The van der Waals surface area contributed by atoms with Gasteiger partial charge in [0, 0.05) is 31.8 Å². The Morgan fingerprint density at radius 2 is 2.18 bits per heavy atom. The van der Waals surface area contributed by atoms with Gasteiger partial charge >= 0.3 is 6.18 Å². The monoisotopic (exact) mass is 394 g/mol. The van der Waals surface area contributed by atoms with E-state index in [-0.39, 0.29) is 18.5 Å². The largest absolute Gasteiger partial charge is 0.416 e. The molecule has 0 saturated carbocycles. The normalized spacial score (nSPS) is 18.0. The van der Waals surface area contributed by atoms with Crippen molar-refractivity contribution in [3.63, 3.8) is 0 Å². The Bertz CT molecular complexity index is 876. The highest BCUT2D eigenvalue weighted by atomic mass is 19.4. The molecule has 1 saturated heterocycles. The van der Waals surface area contributed by atoms with Crippen LogP contribution in [0.1, 0.15) is 29.4 Å². The molecular formula is C18H21F3N6O. The highest BCUT2D eigenvalue weighted by molar-refractivity contribution is 5.92. The fraction of sp³-hybridized carbons (Fsp3) is 0.444. The van der Waals surface area contributed by atoms with Crippen LogP contribution in [-0.4, -0.2) is 56.7 Å². The molecule has 0 spiro atoms. The van der Waals surface area contributed by atoms with Gasteiger partial charge in [0.25, 0.3) is 0 Å². The lowest BCUT2D eigenvalue weighted by Crippen LogP contribution is -2.51. The second kappa shape index (κ2) is 8.09. The van der Waals surface area contributed by atoms with Gasteiger partial charge in [-0.15, -0.1) is 10.2 Å². The predicted molar refractivity (Wildman–Crippen MR) is 96.2 cm³/mol. The summed E-state index contributed by atoms with van der Waals surface area (Å²) in [7, 11) is 0. The molecule has 0 radical (unpaired) electrons. The van der Waals surface area contributed by atoms with Crippen molar-refractivity contribution in [3.05, 3.63) is 46.8 Å². The van der Waals surface area contributed by atoms with Crippen molar-refractivity contribution in [1.29, 1.82) is 0 Å². The first-order valence-electron chi connectivity index (χ1n) is 8.88. The van der Waals surface area contributed by atoms with Crippen molar-refractivity contribution in [3.8, 4) is 0 Å². The highest BCUT2D eigenvalue weighted by Gasteiger charge is 2.31. The summed E-state index contributed by atoms with van der Waals surface area (Å²) in [6.45, 7) is 5.62. The second-order valence-electron chi connectivity index (χ2n) is 6.70. The Morgan fingerprint density at radius 1 is 1.39 bits per heavy atom. The number of nitrogens with one attached hydrogen (secondary N) is 1. The summed E-state index contributed by atoms with van der Waals surface area (Å²) in [5.41, 5.74) is 0.0854. The van der Waals surface area contributed by atoms with Crippen LogP contribution in [-0.2, 0) is 17.5 Å². The number of benzene rings is 1. The Morgan fingerprint density at radius 3 is 2.82 bits per heavy atom. The van der Waals surface area contributed by atoms with Crippen molar-refractivity contribution in [2.75, 3.05) is 19.6 Å². The molecule has 1 N–H and O–H groups in total. The molecule has 7 nitrogen and oxygen atoms in total. The molecule has 1 amide bonds. The van der Waals surface area contributed by atoms with Crippen molar-refractivity contribution < 1.29 is 18.0 Å². The minimum atomic E-state index is -4.46. The fourth-order valence-corrected chi connectivity index (χ4v) is 3.05. The first-order valence-corrected chi connectivity index (χ1v) is 8.88. The summed E-state index contributed by atoms with van der Waals surface area (Å²) < 4.78 is 39.3. The van der Waals surface area contributed by atoms with Crippen molar-refractivity contribution in [2.24, 2.45) is 0 Å². The molecule has 1 aromatic heterocycles. The minimum absolute atomic E-state index is 0.0165. The van der Waals surface area contributed by atoms with E-state index in [9.17, 15) is 18.0 Å². The molecule has 1 unspecified atom stereocenters. The van der Waals surface area contributed by atoms with E-state index >= 15 is 0 Å². The van der Waals surface area contributed by atoms with Gasteiger partial charge < -0.3 is 10.2 Å². The van der Waals surface area contributed by atoms with Crippen molar-refractivity contribution >= 4 is 12.0 Å². The predicted octanol–water partition coefficient (Wildman–Crippen LogP) is 1.88. The average Bonchev–Trinajstić information content (AvgIpc) is 3.04. The Balaban J connectivity index is 1.87. The zero-order chi connectivity index (χ0) is 20.3. The maximum Gasteiger partial charge on any atom is 0.416 e. The van der Waals surface area contributed by atoms with Gasteiger partial charge in [-0.3, -0.25) is 4.79 Å². The number of nitrogens with zero attached hydrogens (tertiary/aromatic N) is 5. The van der Waals surface area contributed by atoms with Crippen LogP contribution in [0.2, 0.25) is 0 Å². The van der Waals surface area contributed by atoms with Crippen molar-refractivity contribution in [1.82, 2.24) is 30.4 Å². The zero-order valence-corrected chi connectivity index (χ0v) is 15.6. The molecule has 0 bridgehead atoms. The molecule has 1 aliphatic rings. The molecule has 1 aromatic carbocycles. The number of carbonyl (C=O) groups excluding carboxylic acids is 1. The molecule has 2 heterocycles. The molecule has 2 aromatic rings. The molecular weight excluding hydrogens is 373 g/mol. The Labute approximate surface area is 160 Å². The smallest absolute Gasteiger partial charge is 0.334 e. The van der Waals surface area contributed by atoms with Gasteiger partial charge in [0.05, 0.1) is 12.1 Å². The maximum atomic E-state index is 13.1. The Kier molecular flexibility index (Phi) is 5.78. The molecule has 3 rings (SSSR count). The summed E-state index contributed by atoms with van der Waals surface area (Å²) in [6.07, 6.45) is -1.53. The summed E-state index contributed by atoms with van der Waals surface area (Å²) in [5.74, 6) is 0.251. The third-order valence-corrected chi connectivity index (χ3v) is 4.52. The van der Waals surface area contributed by atoms with Crippen LogP contribution in [0.5, 0.6) is 0 Å². The quantitative estimate of drug-likeness (QED) is 0.802. The lowest BCUT2D eigenvalue weighted by Gasteiger charge is -2.33. The van der Waals surface area contributed by atoms with Gasteiger partial charge in [-0.2, -0.15) is 18.0 Å². The lowest BCUT2D eigenvalue weighted by atomic mass is 10.0. The van der Waals surface area contributed by atoms with E-state index in [2.05, 4.69) is 20.7 Å². The van der Waals surface area contributed by atoms with E-state index in [0.29, 0.717) is 36.6 Å².